The van der Waals surface area contributed by atoms with E-state index in [1.165, 1.54) is 0 Å². The van der Waals surface area contributed by atoms with Crippen molar-refractivity contribution < 1.29 is 19.1 Å². The molecule has 2 rings (SSSR count). The summed E-state index contributed by atoms with van der Waals surface area (Å²) in [4.78, 5) is 24.8. The molecule has 0 radical (unpaired) electrons. The van der Waals surface area contributed by atoms with Crippen LogP contribution >= 0.6 is 0 Å². The van der Waals surface area contributed by atoms with Gasteiger partial charge in [0.1, 0.15) is 11.7 Å². The Kier molecular flexibility index (Phi) is 7.13. The van der Waals surface area contributed by atoms with Gasteiger partial charge in [0.05, 0.1) is 12.0 Å². The Balaban J connectivity index is 2.08. The van der Waals surface area contributed by atoms with E-state index < -0.39 is 11.7 Å². The highest BCUT2D eigenvalue weighted by atomic mass is 16.6. The number of carbonyl (C=O) groups excluding carboxylic acids is 2. The fourth-order valence-corrected chi connectivity index (χ4v) is 3.36. The SMILES string of the molecule is CC(C)(C)CCC1CC(C(Cc2ccccc2)NC(=O)OC(C)(C)C)OC1=O. The van der Waals surface area contributed by atoms with Crippen molar-refractivity contribution in [2.75, 3.05) is 0 Å². The zero-order valence-electron chi connectivity index (χ0n) is 18.1. The molecular weight excluding hydrogens is 354 g/mol. The van der Waals surface area contributed by atoms with Gasteiger partial charge in [0.25, 0.3) is 0 Å². The fourth-order valence-electron chi connectivity index (χ4n) is 3.36. The summed E-state index contributed by atoms with van der Waals surface area (Å²) < 4.78 is 11.1. The lowest BCUT2D eigenvalue weighted by molar-refractivity contribution is -0.145. The number of rotatable bonds is 6. The largest absolute Gasteiger partial charge is 0.460 e. The van der Waals surface area contributed by atoms with Gasteiger partial charge in [-0.2, -0.15) is 0 Å². The second-order valence-electron chi connectivity index (χ2n) is 9.95. The summed E-state index contributed by atoms with van der Waals surface area (Å²) in [6, 6.07) is 9.59. The summed E-state index contributed by atoms with van der Waals surface area (Å²) in [6.07, 6.45) is 2.16. The molecule has 0 spiro atoms. The number of alkyl carbamates (subject to hydrolysis) is 1. The van der Waals surface area contributed by atoms with Crippen molar-refractivity contribution in [1.29, 1.82) is 0 Å². The number of amides is 1. The zero-order valence-corrected chi connectivity index (χ0v) is 18.1. The number of carbonyl (C=O) groups is 2. The second-order valence-corrected chi connectivity index (χ2v) is 9.95. The molecule has 5 heteroatoms. The Morgan fingerprint density at radius 3 is 2.39 bits per heavy atom. The quantitative estimate of drug-likeness (QED) is 0.704. The molecule has 1 aliphatic heterocycles. The molecule has 3 atom stereocenters. The number of hydrogen-bond acceptors (Lipinski definition) is 4. The van der Waals surface area contributed by atoms with Crippen LogP contribution in [0.2, 0.25) is 0 Å². The lowest BCUT2D eigenvalue weighted by Gasteiger charge is -2.26. The standard InChI is InChI=1S/C23H35NO4/c1-22(2,3)13-12-17-15-19(27-20(17)25)18(14-16-10-8-7-9-11-16)24-21(26)28-23(4,5)6/h7-11,17-19H,12-15H2,1-6H3,(H,24,26). The van der Waals surface area contributed by atoms with Gasteiger partial charge < -0.3 is 14.8 Å². The number of ether oxygens (including phenoxy) is 2. The maximum atomic E-state index is 12.4. The maximum absolute atomic E-state index is 12.4. The summed E-state index contributed by atoms with van der Waals surface area (Å²) in [5.41, 5.74) is 0.678. The predicted molar refractivity (Wildman–Crippen MR) is 110 cm³/mol. The van der Waals surface area contributed by atoms with Crippen LogP contribution in [0.1, 0.15) is 66.4 Å². The highest BCUT2D eigenvalue weighted by Gasteiger charge is 2.40. The normalized spacial score (nSPS) is 21.1. The van der Waals surface area contributed by atoms with E-state index >= 15 is 0 Å². The van der Waals surface area contributed by atoms with E-state index in [0.717, 1.165) is 18.4 Å². The third-order valence-electron chi connectivity index (χ3n) is 4.81. The summed E-state index contributed by atoms with van der Waals surface area (Å²) >= 11 is 0. The second kappa shape index (κ2) is 8.97. The Bertz CT molecular complexity index is 657. The Labute approximate surface area is 169 Å². The van der Waals surface area contributed by atoms with Gasteiger partial charge in [0.2, 0.25) is 0 Å². The van der Waals surface area contributed by atoms with Crippen LogP contribution in [0.4, 0.5) is 4.79 Å². The van der Waals surface area contributed by atoms with Gasteiger partial charge in [0.15, 0.2) is 0 Å². The number of nitrogens with one attached hydrogen (secondary N) is 1. The number of cyclic esters (lactones) is 1. The smallest absolute Gasteiger partial charge is 0.408 e. The molecule has 0 bridgehead atoms. The molecule has 3 unspecified atom stereocenters. The van der Waals surface area contributed by atoms with E-state index in [1.807, 2.05) is 51.1 Å². The first kappa shape index (κ1) is 22.3. The Morgan fingerprint density at radius 1 is 1.18 bits per heavy atom. The number of hydrogen-bond donors (Lipinski definition) is 1. The van der Waals surface area contributed by atoms with Crippen LogP contribution in [0, 0.1) is 11.3 Å². The maximum Gasteiger partial charge on any atom is 0.408 e. The first-order chi connectivity index (χ1) is 12.9. The van der Waals surface area contributed by atoms with Crippen molar-refractivity contribution in [1.82, 2.24) is 5.32 Å². The summed E-state index contributed by atoms with van der Waals surface area (Å²) in [5, 5.41) is 2.94. The molecule has 1 saturated heterocycles. The lowest BCUT2D eigenvalue weighted by Crippen LogP contribution is -2.46. The summed E-state index contributed by atoms with van der Waals surface area (Å²) in [6.45, 7) is 12.0. The van der Waals surface area contributed by atoms with Crippen molar-refractivity contribution in [2.24, 2.45) is 11.3 Å². The first-order valence-electron chi connectivity index (χ1n) is 10.2. The van der Waals surface area contributed by atoms with Crippen molar-refractivity contribution in [2.45, 2.75) is 85.0 Å². The summed E-state index contributed by atoms with van der Waals surface area (Å²) in [5.74, 6) is -0.263. The third kappa shape index (κ3) is 7.53. The minimum Gasteiger partial charge on any atom is -0.460 e. The number of esters is 1. The molecule has 1 amide bonds. The Morgan fingerprint density at radius 2 is 1.82 bits per heavy atom. The predicted octanol–water partition coefficient (Wildman–Crippen LogP) is 4.88. The fraction of sp³-hybridized carbons (Fsp3) is 0.652. The van der Waals surface area contributed by atoms with Gasteiger partial charge in [-0.1, -0.05) is 51.1 Å². The highest BCUT2D eigenvalue weighted by Crippen LogP contribution is 2.32. The van der Waals surface area contributed by atoms with E-state index in [9.17, 15) is 9.59 Å². The third-order valence-corrected chi connectivity index (χ3v) is 4.81. The van der Waals surface area contributed by atoms with Crippen LogP contribution < -0.4 is 5.32 Å². The van der Waals surface area contributed by atoms with E-state index in [2.05, 4.69) is 26.1 Å². The van der Waals surface area contributed by atoms with Gasteiger partial charge in [0, 0.05) is 0 Å². The Hall–Kier alpha value is -2.04. The van der Waals surface area contributed by atoms with E-state index in [0.29, 0.717) is 12.8 Å². The topological polar surface area (TPSA) is 64.6 Å². The van der Waals surface area contributed by atoms with Gasteiger partial charge in [-0.15, -0.1) is 0 Å². The minimum atomic E-state index is -0.580. The van der Waals surface area contributed by atoms with Gasteiger partial charge >= 0.3 is 12.1 Å². The molecule has 1 aromatic carbocycles. The lowest BCUT2D eigenvalue weighted by atomic mass is 9.85. The molecule has 1 aliphatic rings. The van der Waals surface area contributed by atoms with Crippen LogP contribution in [-0.2, 0) is 20.7 Å². The van der Waals surface area contributed by atoms with Crippen molar-refractivity contribution in [3.63, 3.8) is 0 Å². The molecule has 156 valence electrons. The number of benzene rings is 1. The molecule has 0 aromatic heterocycles. The van der Waals surface area contributed by atoms with E-state index in [-0.39, 0.29) is 29.4 Å². The van der Waals surface area contributed by atoms with Crippen molar-refractivity contribution in [3.8, 4) is 0 Å². The highest BCUT2D eigenvalue weighted by molar-refractivity contribution is 5.75. The van der Waals surface area contributed by atoms with Crippen LogP contribution in [0.5, 0.6) is 0 Å². The molecule has 1 N–H and O–H groups in total. The van der Waals surface area contributed by atoms with Crippen molar-refractivity contribution in [3.05, 3.63) is 35.9 Å². The minimum absolute atomic E-state index is 0.108. The summed E-state index contributed by atoms with van der Waals surface area (Å²) in [7, 11) is 0. The first-order valence-corrected chi connectivity index (χ1v) is 10.2. The van der Waals surface area contributed by atoms with Crippen LogP contribution in [0.3, 0.4) is 0 Å². The van der Waals surface area contributed by atoms with E-state index in [4.69, 9.17) is 9.47 Å². The molecule has 28 heavy (non-hydrogen) atoms. The molecule has 1 fully saturated rings. The average molecular weight is 390 g/mol. The monoisotopic (exact) mass is 389 g/mol. The van der Waals surface area contributed by atoms with Gasteiger partial charge in [-0.25, -0.2) is 4.79 Å². The molecule has 0 aliphatic carbocycles. The molecule has 0 saturated carbocycles. The molecule has 5 nitrogen and oxygen atoms in total. The molecule has 1 heterocycles. The zero-order chi connectivity index (χ0) is 20.9. The molecule has 1 aromatic rings. The van der Waals surface area contributed by atoms with Crippen molar-refractivity contribution >= 4 is 12.1 Å². The van der Waals surface area contributed by atoms with E-state index in [1.54, 1.807) is 0 Å². The van der Waals surface area contributed by atoms with Gasteiger partial charge in [-0.3, -0.25) is 4.79 Å². The van der Waals surface area contributed by atoms with Crippen LogP contribution in [-0.4, -0.2) is 29.8 Å². The van der Waals surface area contributed by atoms with Gasteiger partial charge in [-0.05, 0) is 57.4 Å². The van der Waals surface area contributed by atoms with Crippen LogP contribution in [0.15, 0.2) is 30.3 Å². The average Bonchev–Trinajstić information content (AvgIpc) is 2.92. The van der Waals surface area contributed by atoms with Crippen LogP contribution in [0.25, 0.3) is 0 Å². The molecular formula is C23H35NO4.